The molecule has 0 fully saturated rings. The van der Waals surface area contributed by atoms with Gasteiger partial charge in [0.2, 0.25) is 5.88 Å². The molecule has 160 valence electrons. The highest BCUT2D eigenvalue weighted by Gasteiger charge is 2.17. The summed E-state index contributed by atoms with van der Waals surface area (Å²) >= 11 is 0. The number of benzene rings is 3. The molecule has 0 saturated heterocycles. The minimum absolute atomic E-state index is 0.101. The number of H-pyrrole nitrogens is 1. The first-order chi connectivity index (χ1) is 15.3. The first kappa shape index (κ1) is 20.7. The molecule has 0 saturated carbocycles. The molecule has 32 heavy (non-hydrogen) atoms. The summed E-state index contributed by atoms with van der Waals surface area (Å²) in [5, 5.41) is 23.7. The van der Waals surface area contributed by atoms with Gasteiger partial charge in [0.1, 0.15) is 5.56 Å². The zero-order valence-corrected chi connectivity index (χ0v) is 17.2. The Morgan fingerprint density at radius 3 is 2.56 bits per heavy atom. The third-order valence-corrected chi connectivity index (χ3v) is 5.29. The van der Waals surface area contributed by atoms with Crippen LogP contribution in [0.1, 0.15) is 16.7 Å². The van der Waals surface area contributed by atoms with E-state index in [2.05, 4.69) is 9.98 Å². The minimum atomic E-state index is -0.828. The number of aromatic hydroxyl groups is 1. The molecule has 9 heteroatoms. The summed E-state index contributed by atoms with van der Waals surface area (Å²) in [5.41, 5.74) is -0.188. The molecule has 0 spiro atoms. The predicted octanol–water partition coefficient (Wildman–Crippen LogP) is 3.66. The van der Waals surface area contributed by atoms with E-state index in [1.54, 1.807) is 44.2 Å². The molecule has 0 unspecified atom stereocenters. The average molecular weight is 430 g/mol. The van der Waals surface area contributed by atoms with Gasteiger partial charge >= 0.3 is 5.69 Å². The Hall–Kier alpha value is -4.53. The second-order valence-electron chi connectivity index (χ2n) is 7.25. The van der Waals surface area contributed by atoms with Crippen molar-refractivity contribution in [2.24, 2.45) is 4.99 Å². The Bertz CT molecular complexity index is 1530. The SMILES string of the molecule is Cc1cc(N=Cc2c(O)n(-c3cccc4ccccc34)c(=O)[nH]c2=O)cc([N+](=O)[O-])c1C. The summed E-state index contributed by atoms with van der Waals surface area (Å²) in [6.07, 6.45) is 1.09. The maximum Gasteiger partial charge on any atom is 0.335 e. The number of aromatic amines is 1. The standard InChI is InChI=1S/C23H18N4O5/c1-13-10-16(11-20(14(13)2)27(31)32)24-12-18-21(28)25-23(30)26(22(18)29)19-9-5-7-15-6-3-4-8-17(15)19/h3-12,29H,1-2H3,(H,25,28,30). The van der Waals surface area contributed by atoms with E-state index in [4.69, 9.17) is 0 Å². The number of aliphatic imine (C=N–C) groups is 1. The van der Waals surface area contributed by atoms with Crippen molar-refractivity contribution in [1.29, 1.82) is 0 Å². The smallest absolute Gasteiger partial charge is 0.335 e. The van der Waals surface area contributed by atoms with Gasteiger partial charge in [-0.1, -0.05) is 36.4 Å². The number of nitro benzene ring substituents is 1. The zero-order chi connectivity index (χ0) is 23.0. The van der Waals surface area contributed by atoms with Crippen LogP contribution in [0, 0.1) is 24.0 Å². The fraction of sp³-hybridized carbons (Fsp3) is 0.0870. The first-order valence-corrected chi connectivity index (χ1v) is 9.64. The lowest BCUT2D eigenvalue weighted by atomic mass is 10.1. The lowest BCUT2D eigenvalue weighted by Crippen LogP contribution is -2.31. The normalized spacial score (nSPS) is 11.3. The van der Waals surface area contributed by atoms with Gasteiger partial charge in [-0.25, -0.2) is 9.36 Å². The molecule has 0 aliphatic heterocycles. The highest BCUT2D eigenvalue weighted by Crippen LogP contribution is 2.28. The summed E-state index contributed by atoms with van der Waals surface area (Å²) in [6, 6.07) is 15.5. The van der Waals surface area contributed by atoms with E-state index < -0.39 is 22.1 Å². The third kappa shape index (κ3) is 3.56. The van der Waals surface area contributed by atoms with Gasteiger partial charge in [0.15, 0.2) is 0 Å². The summed E-state index contributed by atoms with van der Waals surface area (Å²) in [5.74, 6) is -0.586. The van der Waals surface area contributed by atoms with Crippen molar-refractivity contribution in [3.63, 3.8) is 0 Å². The number of aryl methyl sites for hydroxylation is 1. The van der Waals surface area contributed by atoms with Crippen LogP contribution in [-0.4, -0.2) is 25.8 Å². The number of nitro groups is 1. The second kappa shape index (κ2) is 7.95. The fourth-order valence-corrected chi connectivity index (χ4v) is 3.51. The Labute approximate surface area is 181 Å². The van der Waals surface area contributed by atoms with E-state index in [0.717, 1.165) is 16.2 Å². The van der Waals surface area contributed by atoms with E-state index in [1.165, 1.54) is 6.07 Å². The predicted molar refractivity (Wildman–Crippen MR) is 122 cm³/mol. The molecular formula is C23H18N4O5. The topological polar surface area (TPSA) is 131 Å². The van der Waals surface area contributed by atoms with Gasteiger partial charge in [-0.15, -0.1) is 0 Å². The van der Waals surface area contributed by atoms with Gasteiger partial charge in [0.05, 0.1) is 16.3 Å². The van der Waals surface area contributed by atoms with Crippen molar-refractivity contribution in [3.8, 4) is 11.6 Å². The maximum atomic E-state index is 12.6. The molecular weight excluding hydrogens is 412 g/mol. The molecule has 0 radical (unpaired) electrons. The Kier molecular flexibility index (Phi) is 5.15. The van der Waals surface area contributed by atoms with E-state index in [1.807, 2.05) is 18.2 Å². The van der Waals surface area contributed by atoms with Crippen LogP contribution in [-0.2, 0) is 0 Å². The van der Waals surface area contributed by atoms with Crippen LogP contribution in [0.15, 0.2) is 69.2 Å². The highest BCUT2D eigenvalue weighted by molar-refractivity contribution is 5.91. The van der Waals surface area contributed by atoms with Crippen molar-refractivity contribution >= 4 is 28.4 Å². The number of fused-ring (bicyclic) bond motifs is 1. The summed E-state index contributed by atoms with van der Waals surface area (Å²) in [7, 11) is 0. The molecule has 0 aliphatic carbocycles. The highest BCUT2D eigenvalue weighted by atomic mass is 16.6. The van der Waals surface area contributed by atoms with Crippen LogP contribution < -0.4 is 11.2 Å². The largest absolute Gasteiger partial charge is 0.493 e. The molecule has 4 rings (SSSR count). The zero-order valence-electron chi connectivity index (χ0n) is 17.2. The lowest BCUT2D eigenvalue weighted by molar-refractivity contribution is -0.385. The maximum absolute atomic E-state index is 12.6. The fourth-order valence-electron chi connectivity index (χ4n) is 3.51. The molecule has 4 aromatic rings. The molecule has 1 aromatic heterocycles. The average Bonchev–Trinajstić information content (AvgIpc) is 2.75. The summed E-state index contributed by atoms with van der Waals surface area (Å²) in [6.45, 7) is 3.35. The van der Waals surface area contributed by atoms with Crippen LogP contribution in [0.25, 0.3) is 16.5 Å². The molecule has 3 aromatic carbocycles. The summed E-state index contributed by atoms with van der Waals surface area (Å²) < 4.78 is 0.994. The van der Waals surface area contributed by atoms with Gasteiger partial charge in [0.25, 0.3) is 11.2 Å². The Balaban J connectivity index is 1.88. The van der Waals surface area contributed by atoms with Gasteiger partial charge < -0.3 is 5.11 Å². The molecule has 0 aliphatic rings. The van der Waals surface area contributed by atoms with E-state index in [-0.39, 0.29) is 16.9 Å². The van der Waals surface area contributed by atoms with Crippen molar-refractivity contribution in [3.05, 3.63) is 102 Å². The van der Waals surface area contributed by atoms with Crippen molar-refractivity contribution in [2.45, 2.75) is 13.8 Å². The quantitative estimate of drug-likeness (QED) is 0.290. The third-order valence-electron chi connectivity index (χ3n) is 5.29. The van der Waals surface area contributed by atoms with Crippen molar-refractivity contribution in [1.82, 2.24) is 9.55 Å². The molecule has 0 amide bonds. The molecule has 1 heterocycles. The molecule has 9 nitrogen and oxygen atoms in total. The van der Waals surface area contributed by atoms with E-state index >= 15 is 0 Å². The van der Waals surface area contributed by atoms with Crippen LogP contribution in [0.3, 0.4) is 0 Å². The van der Waals surface area contributed by atoms with Crippen LogP contribution >= 0.6 is 0 Å². The lowest BCUT2D eigenvalue weighted by Gasteiger charge is -2.12. The number of rotatable bonds is 4. The minimum Gasteiger partial charge on any atom is -0.493 e. The molecule has 0 bridgehead atoms. The number of hydrogen-bond acceptors (Lipinski definition) is 6. The molecule has 0 atom stereocenters. The van der Waals surface area contributed by atoms with E-state index in [9.17, 15) is 24.8 Å². The van der Waals surface area contributed by atoms with Crippen molar-refractivity contribution in [2.75, 3.05) is 0 Å². The number of aromatic nitrogens is 2. The number of hydrogen-bond donors (Lipinski definition) is 2. The van der Waals surface area contributed by atoms with Gasteiger partial charge in [-0.3, -0.25) is 24.9 Å². The molecule has 2 N–H and O–H groups in total. The Morgan fingerprint density at radius 1 is 1.09 bits per heavy atom. The van der Waals surface area contributed by atoms with Crippen molar-refractivity contribution < 1.29 is 10.0 Å². The summed E-state index contributed by atoms with van der Waals surface area (Å²) in [4.78, 5) is 42.1. The first-order valence-electron chi connectivity index (χ1n) is 9.64. The van der Waals surface area contributed by atoms with Crippen LogP contribution in [0.2, 0.25) is 0 Å². The number of nitrogens with zero attached hydrogens (tertiary/aromatic N) is 3. The Morgan fingerprint density at radius 2 is 1.81 bits per heavy atom. The van der Waals surface area contributed by atoms with Gasteiger partial charge in [-0.05, 0) is 36.9 Å². The monoisotopic (exact) mass is 430 g/mol. The van der Waals surface area contributed by atoms with Crippen LogP contribution in [0.5, 0.6) is 5.88 Å². The van der Waals surface area contributed by atoms with Crippen LogP contribution in [0.4, 0.5) is 11.4 Å². The van der Waals surface area contributed by atoms with Gasteiger partial charge in [0, 0.05) is 23.2 Å². The number of nitrogens with one attached hydrogen (secondary N) is 1. The van der Waals surface area contributed by atoms with E-state index in [0.29, 0.717) is 22.2 Å². The second-order valence-corrected chi connectivity index (χ2v) is 7.25. The van der Waals surface area contributed by atoms with Gasteiger partial charge in [-0.2, -0.15) is 0 Å².